The van der Waals surface area contributed by atoms with E-state index in [9.17, 15) is 0 Å². The molecule has 0 aromatic carbocycles. The molecular weight excluding hydrogens is 246 g/mol. The molecule has 0 atom stereocenters. The Labute approximate surface area is 124 Å². The molecule has 0 spiro atoms. The highest BCUT2D eigenvalue weighted by Gasteiger charge is 2.37. The van der Waals surface area contributed by atoms with Crippen LogP contribution < -0.4 is 0 Å². The Bertz CT molecular complexity index is 504. The van der Waals surface area contributed by atoms with Crippen molar-refractivity contribution in [2.75, 3.05) is 0 Å². The third-order valence-electron chi connectivity index (χ3n) is 4.03. The van der Waals surface area contributed by atoms with Gasteiger partial charge in [-0.15, -0.1) is 0 Å². The van der Waals surface area contributed by atoms with Gasteiger partial charge in [0.15, 0.2) is 0 Å². The lowest BCUT2D eigenvalue weighted by Crippen LogP contribution is -2.38. The summed E-state index contributed by atoms with van der Waals surface area (Å²) in [4.78, 5) is 7.53. The molecule has 2 heterocycles. The minimum atomic E-state index is 0.0804. The molecule has 0 amide bonds. The topological polar surface area (TPSA) is 21.1 Å². The molecule has 1 aromatic rings. The second kappa shape index (κ2) is 4.33. The van der Waals surface area contributed by atoms with Crippen LogP contribution in [0.1, 0.15) is 79.5 Å². The van der Waals surface area contributed by atoms with Gasteiger partial charge in [-0.1, -0.05) is 20.8 Å². The molecule has 1 aromatic heterocycles. The van der Waals surface area contributed by atoms with Crippen LogP contribution in [0.25, 0.3) is 0 Å². The Morgan fingerprint density at radius 3 is 1.75 bits per heavy atom. The zero-order valence-electron chi connectivity index (χ0n) is 14.8. The monoisotopic (exact) mass is 277 g/mol. The fourth-order valence-electron chi connectivity index (χ4n) is 2.91. The Balaban J connectivity index is 2.52. The molecule has 1 aliphatic heterocycles. The minimum Gasteiger partial charge on any atom is -0.325 e. The predicted molar refractivity (Wildman–Crippen MR) is 84.9 cm³/mol. The van der Waals surface area contributed by atoms with E-state index in [1.807, 2.05) is 0 Å². The first-order valence-corrected chi connectivity index (χ1v) is 7.68. The second-order valence-corrected chi connectivity index (χ2v) is 9.11. The summed E-state index contributed by atoms with van der Waals surface area (Å²) in [5, 5.41) is 0. The van der Waals surface area contributed by atoms with Crippen LogP contribution in [0.5, 0.6) is 0 Å². The number of aromatic nitrogens is 2. The second-order valence-electron chi connectivity index (χ2n) is 9.11. The third kappa shape index (κ3) is 2.65. The first kappa shape index (κ1) is 15.6. The number of hydrogen-bond donors (Lipinski definition) is 0. The van der Waals surface area contributed by atoms with Gasteiger partial charge in [-0.05, 0) is 41.5 Å². The van der Waals surface area contributed by atoms with Gasteiger partial charge in [-0.25, -0.2) is 4.98 Å². The smallest absolute Gasteiger partial charge is 0.115 e. The number of hydrogen-bond acceptors (Lipinski definition) is 2. The molecule has 114 valence electrons. The normalized spacial score (nSPS) is 17.6. The lowest BCUT2D eigenvalue weighted by atomic mass is 9.94. The molecule has 0 N–H and O–H groups in total. The van der Waals surface area contributed by atoms with Crippen molar-refractivity contribution in [1.82, 2.24) is 14.5 Å². The standard InChI is InChI=1S/C17H31N3/c1-15(2,3)14-18-12-10-19(16(4,5)6)11-13(12)20(14)17(7,8)9/h10-11H2,1-9H3. The Morgan fingerprint density at radius 2 is 1.35 bits per heavy atom. The van der Waals surface area contributed by atoms with Crippen molar-refractivity contribution < 1.29 is 0 Å². The maximum Gasteiger partial charge on any atom is 0.115 e. The van der Waals surface area contributed by atoms with E-state index in [1.165, 1.54) is 17.2 Å². The van der Waals surface area contributed by atoms with E-state index in [0.717, 1.165) is 13.1 Å². The van der Waals surface area contributed by atoms with Gasteiger partial charge in [-0.3, -0.25) is 4.90 Å². The average molecular weight is 277 g/mol. The summed E-state index contributed by atoms with van der Waals surface area (Å²) >= 11 is 0. The van der Waals surface area contributed by atoms with E-state index >= 15 is 0 Å². The molecule has 3 nitrogen and oxygen atoms in total. The van der Waals surface area contributed by atoms with E-state index in [-0.39, 0.29) is 16.5 Å². The van der Waals surface area contributed by atoms with Gasteiger partial charge in [0.1, 0.15) is 5.82 Å². The predicted octanol–water partition coefficient (Wildman–Crippen LogP) is 4.05. The van der Waals surface area contributed by atoms with E-state index < -0.39 is 0 Å². The van der Waals surface area contributed by atoms with Crippen molar-refractivity contribution in [2.24, 2.45) is 0 Å². The molecule has 0 aliphatic carbocycles. The molecule has 0 fully saturated rings. The molecular formula is C17H31N3. The number of fused-ring (bicyclic) bond motifs is 1. The fourth-order valence-corrected chi connectivity index (χ4v) is 2.91. The number of rotatable bonds is 0. The zero-order valence-corrected chi connectivity index (χ0v) is 14.8. The van der Waals surface area contributed by atoms with Crippen LogP contribution in [-0.2, 0) is 24.0 Å². The summed E-state index contributed by atoms with van der Waals surface area (Å²) in [5.41, 5.74) is 3.06. The minimum absolute atomic E-state index is 0.0804. The van der Waals surface area contributed by atoms with Crippen LogP contribution in [-0.4, -0.2) is 20.0 Å². The van der Waals surface area contributed by atoms with Gasteiger partial charge in [0, 0.05) is 29.6 Å². The van der Waals surface area contributed by atoms with Crippen molar-refractivity contribution in [1.29, 1.82) is 0 Å². The van der Waals surface area contributed by atoms with Crippen LogP contribution >= 0.6 is 0 Å². The zero-order chi connectivity index (χ0) is 15.5. The Hall–Kier alpha value is -0.830. The van der Waals surface area contributed by atoms with Crippen LogP contribution in [0.3, 0.4) is 0 Å². The maximum atomic E-state index is 5.01. The fraction of sp³-hybridized carbons (Fsp3) is 0.824. The summed E-state index contributed by atoms with van der Waals surface area (Å²) in [6, 6.07) is 0. The van der Waals surface area contributed by atoms with Gasteiger partial charge >= 0.3 is 0 Å². The van der Waals surface area contributed by atoms with E-state index in [0.29, 0.717) is 0 Å². The van der Waals surface area contributed by atoms with Gasteiger partial charge < -0.3 is 4.57 Å². The third-order valence-corrected chi connectivity index (χ3v) is 4.03. The first-order valence-electron chi connectivity index (χ1n) is 7.68. The molecule has 0 saturated carbocycles. The van der Waals surface area contributed by atoms with Crippen molar-refractivity contribution in [3.05, 3.63) is 17.2 Å². The summed E-state index contributed by atoms with van der Waals surface area (Å²) in [5.74, 6) is 1.23. The molecule has 1 aliphatic rings. The highest BCUT2D eigenvalue weighted by molar-refractivity contribution is 5.27. The van der Waals surface area contributed by atoms with Crippen LogP contribution in [0.15, 0.2) is 0 Å². The van der Waals surface area contributed by atoms with E-state index in [4.69, 9.17) is 4.98 Å². The summed E-state index contributed by atoms with van der Waals surface area (Å²) in [7, 11) is 0. The van der Waals surface area contributed by atoms with Crippen molar-refractivity contribution >= 4 is 0 Å². The first-order chi connectivity index (χ1) is 8.82. The number of nitrogens with zero attached hydrogens (tertiary/aromatic N) is 3. The molecule has 0 saturated heterocycles. The molecule has 3 heteroatoms. The van der Waals surface area contributed by atoms with Crippen LogP contribution in [0, 0.1) is 0 Å². The molecule has 0 radical (unpaired) electrons. The van der Waals surface area contributed by atoms with Gasteiger partial charge in [-0.2, -0.15) is 0 Å². The van der Waals surface area contributed by atoms with E-state index in [2.05, 4.69) is 71.8 Å². The summed E-state index contributed by atoms with van der Waals surface area (Å²) < 4.78 is 2.48. The number of imidazole rings is 1. The average Bonchev–Trinajstić information content (AvgIpc) is 2.66. The molecule has 0 unspecified atom stereocenters. The highest BCUT2D eigenvalue weighted by atomic mass is 15.3. The lowest BCUT2D eigenvalue weighted by molar-refractivity contribution is 0.130. The van der Waals surface area contributed by atoms with Crippen molar-refractivity contribution in [2.45, 2.75) is 91.9 Å². The quantitative estimate of drug-likeness (QED) is 0.713. The summed E-state index contributed by atoms with van der Waals surface area (Å²) in [6.07, 6.45) is 0. The highest BCUT2D eigenvalue weighted by Crippen LogP contribution is 2.36. The SMILES string of the molecule is CC(C)(C)c1nc2c(n1C(C)(C)C)CN(C(C)(C)C)C2. The Morgan fingerprint density at radius 1 is 0.800 bits per heavy atom. The molecule has 20 heavy (non-hydrogen) atoms. The van der Waals surface area contributed by atoms with Crippen molar-refractivity contribution in [3.8, 4) is 0 Å². The lowest BCUT2D eigenvalue weighted by Gasteiger charge is -2.34. The van der Waals surface area contributed by atoms with Gasteiger partial charge in [0.2, 0.25) is 0 Å². The largest absolute Gasteiger partial charge is 0.325 e. The summed E-state index contributed by atoms with van der Waals surface area (Å²) in [6.45, 7) is 22.5. The van der Waals surface area contributed by atoms with Crippen molar-refractivity contribution in [3.63, 3.8) is 0 Å². The Kier molecular flexibility index (Phi) is 3.37. The van der Waals surface area contributed by atoms with Gasteiger partial charge in [0.05, 0.1) is 11.4 Å². The van der Waals surface area contributed by atoms with Crippen LogP contribution in [0.4, 0.5) is 0 Å². The molecule has 0 bridgehead atoms. The van der Waals surface area contributed by atoms with Crippen LogP contribution in [0.2, 0.25) is 0 Å². The van der Waals surface area contributed by atoms with Gasteiger partial charge in [0.25, 0.3) is 0 Å². The van der Waals surface area contributed by atoms with E-state index in [1.54, 1.807) is 0 Å². The maximum absolute atomic E-state index is 5.01. The molecule has 2 rings (SSSR count).